The average molecular weight is 300 g/mol. The molecule has 0 saturated heterocycles. The van der Waals surface area contributed by atoms with Gasteiger partial charge in [-0.3, -0.25) is 9.59 Å². The van der Waals surface area contributed by atoms with Gasteiger partial charge in [-0.25, -0.2) is 0 Å². The zero-order chi connectivity index (χ0) is 15.9. The maximum atomic E-state index is 11.7. The number of rotatable bonds is 13. The SMILES string of the molecule is CCCCCCCCCCC(CCC(=O)OC)C(=O)OC. The molecule has 0 aromatic carbocycles. The summed E-state index contributed by atoms with van der Waals surface area (Å²) in [7, 11) is 2.77. The summed E-state index contributed by atoms with van der Waals surface area (Å²) in [5, 5.41) is 0. The second-order valence-electron chi connectivity index (χ2n) is 5.60. The first-order chi connectivity index (χ1) is 10.2. The molecule has 0 aromatic rings. The molecular weight excluding hydrogens is 268 g/mol. The molecule has 0 aliphatic heterocycles. The summed E-state index contributed by atoms with van der Waals surface area (Å²) in [6.45, 7) is 2.22. The molecular formula is C17H32O4. The predicted octanol–water partition coefficient (Wildman–Crippen LogP) is 4.26. The number of methoxy groups -OCH3 is 2. The summed E-state index contributed by atoms with van der Waals surface area (Å²) in [6.07, 6.45) is 11.6. The van der Waals surface area contributed by atoms with E-state index in [4.69, 9.17) is 4.74 Å². The van der Waals surface area contributed by atoms with Crippen molar-refractivity contribution in [3.63, 3.8) is 0 Å². The Balaban J connectivity index is 3.76. The molecule has 1 unspecified atom stereocenters. The molecule has 0 aromatic heterocycles. The van der Waals surface area contributed by atoms with E-state index in [0.717, 1.165) is 19.3 Å². The van der Waals surface area contributed by atoms with Crippen molar-refractivity contribution in [2.45, 2.75) is 77.6 Å². The lowest BCUT2D eigenvalue weighted by Gasteiger charge is -2.13. The molecule has 0 bridgehead atoms. The van der Waals surface area contributed by atoms with Crippen LogP contribution >= 0.6 is 0 Å². The Morgan fingerprint density at radius 2 is 1.38 bits per heavy atom. The molecule has 0 rings (SSSR count). The average Bonchev–Trinajstić information content (AvgIpc) is 2.51. The fourth-order valence-electron chi connectivity index (χ4n) is 2.47. The van der Waals surface area contributed by atoms with Crippen LogP contribution in [0, 0.1) is 5.92 Å². The van der Waals surface area contributed by atoms with Crippen molar-refractivity contribution in [2.75, 3.05) is 14.2 Å². The largest absolute Gasteiger partial charge is 0.469 e. The molecule has 0 aliphatic carbocycles. The lowest BCUT2D eigenvalue weighted by atomic mass is 9.95. The minimum atomic E-state index is -0.264. The predicted molar refractivity (Wildman–Crippen MR) is 84.0 cm³/mol. The molecule has 0 spiro atoms. The summed E-state index contributed by atoms with van der Waals surface area (Å²) < 4.78 is 9.42. The van der Waals surface area contributed by atoms with Crippen molar-refractivity contribution in [1.29, 1.82) is 0 Å². The van der Waals surface area contributed by atoms with Gasteiger partial charge in [0.1, 0.15) is 0 Å². The zero-order valence-electron chi connectivity index (χ0n) is 14.0. The molecule has 124 valence electrons. The van der Waals surface area contributed by atoms with Crippen LogP contribution in [0.15, 0.2) is 0 Å². The van der Waals surface area contributed by atoms with Gasteiger partial charge in [0.2, 0.25) is 0 Å². The highest BCUT2D eigenvalue weighted by Crippen LogP contribution is 2.19. The molecule has 0 saturated carbocycles. The van der Waals surface area contributed by atoms with Crippen molar-refractivity contribution in [3.8, 4) is 0 Å². The number of hydrogen-bond acceptors (Lipinski definition) is 4. The second kappa shape index (κ2) is 13.9. The topological polar surface area (TPSA) is 52.6 Å². The van der Waals surface area contributed by atoms with Gasteiger partial charge in [-0.1, -0.05) is 58.3 Å². The van der Waals surface area contributed by atoms with E-state index in [2.05, 4.69) is 11.7 Å². The normalized spacial score (nSPS) is 12.0. The van der Waals surface area contributed by atoms with Crippen LogP contribution in [-0.4, -0.2) is 26.2 Å². The fourth-order valence-corrected chi connectivity index (χ4v) is 2.47. The number of hydrogen-bond donors (Lipinski definition) is 0. The van der Waals surface area contributed by atoms with Crippen molar-refractivity contribution in [3.05, 3.63) is 0 Å². The lowest BCUT2D eigenvalue weighted by Crippen LogP contribution is -2.18. The molecule has 0 aliphatic rings. The van der Waals surface area contributed by atoms with E-state index in [1.165, 1.54) is 52.7 Å². The quantitative estimate of drug-likeness (QED) is 0.377. The highest BCUT2D eigenvalue weighted by Gasteiger charge is 2.20. The van der Waals surface area contributed by atoms with Gasteiger partial charge in [-0.15, -0.1) is 0 Å². The summed E-state index contributed by atoms with van der Waals surface area (Å²) in [5.41, 5.74) is 0. The number of carbonyl (C=O) groups excluding carboxylic acids is 2. The van der Waals surface area contributed by atoms with Gasteiger partial charge in [0.25, 0.3) is 0 Å². The van der Waals surface area contributed by atoms with Crippen LogP contribution < -0.4 is 0 Å². The van der Waals surface area contributed by atoms with Crippen LogP contribution in [0.2, 0.25) is 0 Å². The second-order valence-corrected chi connectivity index (χ2v) is 5.60. The Kier molecular flexibility index (Phi) is 13.2. The van der Waals surface area contributed by atoms with Gasteiger partial charge >= 0.3 is 11.9 Å². The maximum Gasteiger partial charge on any atom is 0.308 e. The summed E-state index contributed by atoms with van der Waals surface area (Å²) in [6, 6.07) is 0. The fraction of sp³-hybridized carbons (Fsp3) is 0.882. The molecule has 0 fully saturated rings. The van der Waals surface area contributed by atoms with Crippen LogP contribution in [0.5, 0.6) is 0 Å². The van der Waals surface area contributed by atoms with Gasteiger partial charge in [0, 0.05) is 6.42 Å². The van der Waals surface area contributed by atoms with Crippen molar-refractivity contribution >= 4 is 11.9 Å². The lowest BCUT2D eigenvalue weighted by molar-refractivity contribution is -0.147. The minimum absolute atomic E-state index is 0.172. The van der Waals surface area contributed by atoms with Crippen LogP contribution in [0.1, 0.15) is 77.6 Å². The highest BCUT2D eigenvalue weighted by molar-refractivity contribution is 5.74. The van der Waals surface area contributed by atoms with Crippen LogP contribution in [0.25, 0.3) is 0 Å². The smallest absolute Gasteiger partial charge is 0.308 e. The Bertz CT molecular complexity index is 276. The van der Waals surface area contributed by atoms with E-state index in [9.17, 15) is 9.59 Å². The molecule has 0 N–H and O–H groups in total. The van der Waals surface area contributed by atoms with E-state index in [1.54, 1.807) is 0 Å². The standard InChI is InChI=1S/C17H32O4/c1-4-5-6-7-8-9-10-11-12-15(17(19)21-3)13-14-16(18)20-2/h15H,4-14H2,1-3H3. The summed E-state index contributed by atoms with van der Waals surface area (Å²) in [4.78, 5) is 22.8. The molecule has 0 radical (unpaired) electrons. The van der Waals surface area contributed by atoms with Crippen molar-refractivity contribution < 1.29 is 19.1 Å². The van der Waals surface area contributed by atoms with E-state index in [1.807, 2.05) is 0 Å². The first-order valence-electron chi connectivity index (χ1n) is 8.30. The Morgan fingerprint density at radius 1 is 0.810 bits per heavy atom. The van der Waals surface area contributed by atoms with Gasteiger partial charge in [-0.05, 0) is 12.8 Å². The van der Waals surface area contributed by atoms with Gasteiger partial charge in [-0.2, -0.15) is 0 Å². The maximum absolute atomic E-state index is 11.7. The van der Waals surface area contributed by atoms with Crippen molar-refractivity contribution in [2.24, 2.45) is 5.92 Å². The molecule has 0 amide bonds. The van der Waals surface area contributed by atoms with Crippen molar-refractivity contribution in [1.82, 2.24) is 0 Å². The first kappa shape index (κ1) is 19.9. The van der Waals surface area contributed by atoms with E-state index < -0.39 is 0 Å². The Labute approximate surface area is 129 Å². The van der Waals surface area contributed by atoms with E-state index >= 15 is 0 Å². The number of ether oxygens (including phenoxy) is 2. The Hall–Kier alpha value is -1.06. The minimum Gasteiger partial charge on any atom is -0.469 e. The number of esters is 2. The third kappa shape index (κ3) is 11.3. The third-order valence-electron chi connectivity index (χ3n) is 3.87. The van der Waals surface area contributed by atoms with Crippen LogP contribution in [0.4, 0.5) is 0 Å². The molecule has 0 heterocycles. The monoisotopic (exact) mass is 300 g/mol. The molecule has 4 nitrogen and oxygen atoms in total. The summed E-state index contributed by atoms with van der Waals surface area (Å²) in [5.74, 6) is -0.643. The molecule has 1 atom stereocenters. The van der Waals surface area contributed by atoms with Crippen LogP contribution in [0.3, 0.4) is 0 Å². The van der Waals surface area contributed by atoms with Gasteiger partial charge in [0.15, 0.2) is 0 Å². The summed E-state index contributed by atoms with van der Waals surface area (Å²) >= 11 is 0. The molecule has 4 heteroatoms. The van der Waals surface area contributed by atoms with E-state index in [0.29, 0.717) is 6.42 Å². The zero-order valence-corrected chi connectivity index (χ0v) is 14.0. The highest BCUT2D eigenvalue weighted by atomic mass is 16.5. The van der Waals surface area contributed by atoms with E-state index in [-0.39, 0.29) is 24.3 Å². The first-order valence-corrected chi connectivity index (χ1v) is 8.30. The number of carbonyl (C=O) groups is 2. The third-order valence-corrected chi connectivity index (χ3v) is 3.87. The molecule has 21 heavy (non-hydrogen) atoms. The van der Waals surface area contributed by atoms with Gasteiger partial charge in [0.05, 0.1) is 20.1 Å². The van der Waals surface area contributed by atoms with Crippen LogP contribution in [-0.2, 0) is 19.1 Å². The van der Waals surface area contributed by atoms with Gasteiger partial charge < -0.3 is 9.47 Å². The Morgan fingerprint density at radius 3 is 1.90 bits per heavy atom. The number of unbranched alkanes of at least 4 members (excludes halogenated alkanes) is 7.